The summed E-state index contributed by atoms with van der Waals surface area (Å²) < 4.78 is 24.7. The molecule has 4 nitrogen and oxygen atoms in total. The Bertz CT molecular complexity index is 514. The van der Waals surface area contributed by atoms with Crippen LogP contribution in [0.2, 0.25) is 0 Å². The third-order valence-corrected chi connectivity index (χ3v) is 5.83. The summed E-state index contributed by atoms with van der Waals surface area (Å²) in [5.74, 6) is 1.39. The molecule has 6 heteroatoms. The zero-order valence-electron chi connectivity index (χ0n) is 11.1. The maximum Gasteiger partial charge on any atom is 0.211 e. The summed E-state index contributed by atoms with van der Waals surface area (Å²) in [6.07, 6.45) is 3.36. The molecule has 1 saturated heterocycles. The highest BCUT2D eigenvalue weighted by Crippen LogP contribution is 2.27. The molecule has 1 heterocycles. The van der Waals surface area contributed by atoms with Crippen molar-refractivity contribution in [2.45, 2.75) is 17.7 Å². The molecule has 1 aromatic rings. The van der Waals surface area contributed by atoms with Gasteiger partial charge in [0.15, 0.2) is 0 Å². The van der Waals surface area contributed by atoms with E-state index in [1.54, 1.807) is 16.1 Å². The van der Waals surface area contributed by atoms with Crippen LogP contribution < -0.4 is 5.73 Å². The number of anilines is 1. The molecule has 1 aliphatic rings. The lowest BCUT2D eigenvalue weighted by Gasteiger charge is -2.30. The Morgan fingerprint density at radius 3 is 2.68 bits per heavy atom. The molecule has 1 aromatic carbocycles. The van der Waals surface area contributed by atoms with Gasteiger partial charge in [-0.2, -0.15) is 0 Å². The lowest BCUT2D eigenvalue weighted by Crippen LogP contribution is -2.39. The van der Waals surface area contributed by atoms with Crippen LogP contribution in [0.3, 0.4) is 0 Å². The van der Waals surface area contributed by atoms with Gasteiger partial charge in [0.2, 0.25) is 10.0 Å². The van der Waals surface area contributed by atoms with Crippen molar-refractivity contribution in [3.63, 3.8) is 0 Å². The number of sulfonamides is 1. The molecule has 2 rings (SSSR count). The highest BCUT2D eigenvalue weighted by molar-refractivity contribution is 7.99. The number of nitrogens with two attached hydrogens (primary N) is 1. The van der Waals surface area contributed by atoms with Crippen LogP contribution in [-0.2, 0) is 10.0 Å². The molecule has 0 aromatic heterocycles. The first-order valence-corrected chi connectivity index (χ1v) is 9.22. The van der Waals surface area contributed by atoms with Gasteiger partial charge in [0.1, 0.15) is 0 Å². The van der Waals surface area contributed by atoms with Crippen molar-refractivity contribution in [3.8, 4) is 0 Å². The van der Waals surface area contributed by atoms with Gasteiger partial charge in [-0.15, -0.1) is 11.8 Å². The van der Waals surface area contributed by atoms with Gasteiger partial charge in [-0.1, -0.05) is 0 Å². The maximum atomic E-state index is 11.5. The smallest absolute Gasteiger partial charge is 0.211 e. The van der Waals surface area contributed by atoms with Gasteiger partial charge < -0.3 is 5.73 Å². The van der Waals surface area contributed by atoms with E-state index in [9.17, 15) is 8.42 Å². The minimum atomic E-state index is -3.04. The van der Waals surface area contributed by atoms with Crippen LogP contribution in [0.5, 0.6) is 0 Å². The topological polar surface area (TPSA) is 63.4 Å². The standard InChI is InChI=1S/C13H20N2O2S2/c1-19(16,17)15-8-2-3-11(9-15)10-18-13-6-4-12(14)5-7-13/h4-7,11H,2-3,8-10,14H2,1H3. The Morgan fingerprint density at radius 2 is 2.05 bits per heavy atom. The van der Waals surface area contributed by atoms with Crippen LogP contribution in [0, 0.1) is 5.92 Å². The first-order chi connectivity index (χ1) is 8.95. The predicted molar refractivity (Wildman–Crippen MR) is 80.7 cm³/mol. The molecule has 0 amide bonds. The van der Waals surface area contributed by atoms with E-state index in [0.717, 1.165) is 24.3 Å². The number of hydrogen-bond acceptors (Lipinski definition) is 4. The van der Waals surface area contributed by atoms with Gasteiger partial charge in [0.25, 0.3) is 0 Å². The fourth-order valence-corrected chi connectivity index (χ4v) is 4.21. The van der Waals surface area contributed by atoms with E-state index in [2.05, 4.69) is 0 Å². The van der Waals surface area contributed by atoms with E-state index in [1.165, 1.54) is 11.2 Å². The summed E-state index contributed by atoms with van der Waals surface area (Å²) in [4.78, 5) is 1.19. The van der Waals surface area contributed by atoms with Crippen molar-refractivity contribution in [2.75, 3.05) is 30.8 Å². The molecule has 0 aliphatic carbocycles. The van der Waals surface area contributed by atoms with E-state index in [-0.39, 0.29) is 0 Å². The molecule has 1 fully saturated rings. The molecule has 2 N–H and O–H groups in total. The monoisotopic (exact) mass is 300 g/mol. The average Bonchev–Trinajstić information content (AvgIpc) is 2.37. The summed E-state index contributed by atoms with van der Waals surface area (Å²) >= 11 is 1.77. The van der Waals surface area contributed by atoms with Crippen LogP contribution in [-0.4, -0.2) is 37.8 Å². The fraction of sp³-hybridized carbons (Fsp3) is 0.538. The quantitative estimate of drug-likeness (QED) is 0.682. The Labute approximate surface area is 119 Å². The lowest BCUT2D eigenvalue weighted by molar-refractivity contribution is 0.286. The van der Waals surface area contributed by atoms with Gasteiger partial charge in [-0.05, 0) is 43.0 Å². The normalized spacial score (nSPS) is 21.4. The number of nitrogen functional groups attached to an aromatic ring is 1. The maximum absolute atomic E-state index is 11.5. The van der Waals surface area contributed by atoms with E-state index >= 15 is 0 Å². The average molecular weight is 300 g/mol. The van der Waals surface area contributed by atoms with Crippen molar-refractivity contribution in [3.05, 3.63) is 24.3 Å². The van der Waals surface area contributed by atoms with Crippen molar-refractivity contribution < 1.29 is 8.42 Å². The highest BCUT2D eigenvalue weighted by Gasteiger charge is 2.25. The third-order valence-electron chi connectivity index (χ3n) is 3.32. The first kappa shape index (κ1) is 14.7. The lowest BCUT2D eigenvalue weighted by atomic mass is 10.0. The SMILES string of the molecule is CS(=O)(=O)N1CCCC(CSc2ccc(N)cc2)C1. The first-order valence-electron chi connectivity index (χ1n) is 6.38. The van der Waals surface area contributed by atoms with E-state index in [4.69, 9.17) is 5.73 Å². The molecule has 0 spiro atoms. The third kappa shape index (κ3) is 4.40. The Kier molecular flexibility index (Phi) is 4.76. The Balaban J connectivity index is 1.87. The summed E-state index contributed by atoms with van der Waals surface area (Å²) in [5, 5.41) is 0. The second-order valence-corrected chi connectivity index (χ2v) is 8.09. The zero-order valence-corrected chi connectivity index (χ0v) is 12.7. The van der Waals surface area contributed by atoms with Crippen molar-refractivity contribution in [2.24, 2.45) is 5.92 Å². The Morgan fingerprint density at radius 1 is 1.37 bits per heavy atom. The van der Waals surface area contributed by atoms with E-state index in [1.807, 2.05) is 24.3 Å². The highest BCUT2D eigenvalue weighted by atomic mass is 32.2. The van der Waals surface area contributed by atoms with Crippen LogP contribution >= 0.6 is 11.8 Å². The molecule has 1 aliphatic heterocycles. The Hall–Kier alpha value is -0.720. The van der Waals surface area contributed by atoms with Crippen molar-refractivity contribution >= 4 is 27.5 Å². The largest absolute Gasteiger partial charge is 0.399 e. The van der Waals surface area contributed by atoms with Gasteiger partial charge in [0, 0.05) is 29.4 Å². The van der Waals surface area contributed by atoms with E-state index in [0.29, 0.717) is 19.0 Å². The molecular formula is C13H20N2O2S2. The van der Waals surface area contributed by atoms with E-state index < -0.39 is 10.0 Å². The second-order valence-electron chi connectivity index (χ2n) is 5.01. The number of rotatable bonds is 4. The van der Waals surface area contributed by atoms with Crippen LogP contribution in [0.25, 0.3) is 0 Å². The van der Waals surface area contributed by atoms with Gasteiger partial charge >= 0.3 is 0 Å². The predicted octanol–water partition coefficient (Wildman–Crippen LogP) is 2.03. The second kappa shape index (κ2) is 6.15. The minimum Gasteiger partial charge on any atom is -0.399 e. The molecule has 0 radical (unpaired) electrons. The number of benzene rings is 1. The van der Waals surface area contributed by atoms with Crippen molar-refractivity contribution in [1.29, 1.82) is 0 Å². The van der Waals surface area contributed by atoms with Crippen LogP contribution in [0.4, 0.5) is 5.69 Å². The van der Waals surface area contributed by atoms with Crippen LogP contribution in [0.1, 0.15) is 12.8 Å². The molecule has 106 valence electrons. The summed E-state index contributed by atoms with van der Waals surface area (Å²) in [5.41, 5.74) is 6.42. The van der Waals surface area contributed by atoms with Gasteiger partial charge in [0.05, 0.1) is 6.26 Å². The molecular weight excluding hydrogens is 280 g/mol. The summed E-state index contributed by atoms with van der Waals surface area (Å²) in [7, 11) is -3.04. The molecule has 1 atom stereocenters. The molecule has 1 unspecified atom stereocenters. The molecule has 19 heavy (non-hydrogen) atoms. The summed E-state index contributed by atoms with van der Waals surface area (Å²) in [6.45, 7) is 1.32. The molecule has 0 saturated carbocycles. The fourth-order valence-electron chi connectivity index (χ4n) is 2.24. The zero-order chi connectivity index (χ0) is 13.9. The number of piperidine rings is 1. The van der Waals surface area contributed by atoms with Gasteiger partial charge in [-0.3, -0.25) is 0 Å². The van der Waals surface area contributed by atoms with Crippen LogP contribution in [0.15, 0.2) is 29.2 Å². The number of hydrogen-bond donors (Lipinski definition) is 1. The minimum absolute atomic E-state index is 0.436. The number of thioether (sulfide) groups is 1. The number of nitrogens with zero attached hydrogens (tertiary/aromatic N) is 1. The summed E-state index contributed by atoms with van der Waals surface area (Å²) in [6, 6.07) is 7.81. The molecule has 0 bridgehead atoms. The van der Waals surface area contributed by atoms with Crippen molar-refractivity contribution in [1.82, 2.24) is 4.31 Å². The van der Waals surface area contributed by atoms with Gasteiger partial charge in [-0.25, -0.2) is 12.7 Å².